The molecule has 0 atom stereocenters. The third-order valence-corrected chi connectivity index (χ3v) is 4.70. The normalized spacial score (nSPS) is 11.1. The van der Waals surface area contributed by atoms with Gasteiger partial charge in [0.05, 0.1) is 12.7 Å². The minimum absolute atomic E-state index is 0.110. The molecular formula is C17H20N2OS. The number of rotatable bonds is 6. The van der Waals surface area contributed by atoms with Gasteiger partial charge < -0.3 is 10.1 Å². The number of hydrogen-bond donors (Lipinski definition) is 1. The van der Waals surface area contributed by atoms with Crippen LogP contribution in [0.2, 0.25) is 0 Å². The topological polar surface area (TPSA) is 45.0 Å². The Bertz CT molecular complexity index is 627. The fraction of sp³-hybridized carbons (Fsp3) is 0.353. The molecule has 0 unspecified atom stereocenters. The number of nitriles is 1. The van der Waals surface area contributed by atoms with Gasteiger partial charge in [-0.1, -0.05) is 26.0 Å². The van der Waals surface area contributed by atoms with Crippen molar-refractivity contribution in [2.24, 2.45) is 0 Å². The van der Waals surface area contributed by atoms with E-state index in [-0.39, 0.29) is 5.41 Å². The van der Waals surface area contributed by atoms with Gasteiger partial charge >= 0.3 is 0 Å². The average Bonchev–Trinajstić information content (AvgIpc) is 3.02. The Morgan fingerprint density at radius 1 is 1.33 bits per heavy atom. The quantitative estimate of drug-likeness (QED) is 0.885. The molecule has 1 heterocycles. The molecule has 21 heavy (non-hydrogen) atoms. The Balaban J connectivity index is 1.96. The van der Waals surface area contributed by atoms with Crippen LogP contribution in [0.15, 0.2) is 35.7 Å². The van der Waals surface area contributed by atoms with Gasteiger partial charge in [0.25, 0.3) is 0 Å². The van der Waals surface area contributed by atoms with Crippen molar-refractivity contribution < 1.29 is 4.74 Å². The fourth-order valence-corrected chi connectivity index (χ4v) is 3.07. The SMILES string of the molecule is COc1ccc(CNCC(C)(C)c2cccs2)cc1C#N. The van der Waals surface area contributed by atoms with E-state index >= 15 is 0 Å². The first-order valence-corrected chi connectivity index (χ1v) is 7.76. The largest absolute Gasteiger partial charge is 0.495 e. The number of ether oxygens (including phenoxy) is 1. The van der Waals surface area contributed by atoms with Crippen LogP contribution in [0, 0.1) is 11.3 Å². The van der Waals surface area contributed by atoms with Crippen molar-refractivity contribution >= 4 is 11.3 Å². The molecule has 1 N–H and O–H groups in total. The molecule has 4 heteroatoms. The predicted octanol–water partition coefficient (Wildman–Crippen LogP) is 3.70. The van der Waals surface area contributed by atoms with Crippen molar-refractivity contribution in [1.29, 1.82) is 5.26 Å². The highest BCUT2D eigenvalue weighted by Gasteiger charge is 2.20. The van der Waals surface area contributed by atoms with E-state index in [1.54, 1.807) is 18.4 Å². The summed E-state index contributed by atoms with van der Waals surface area (Å²) in [7, 11) is 1.58. The van der Waals surface area contributed by atoms with Crippen molar-refractivity contribution in [1.82, 2.24) is 5.32 Å². The third-order valence-electron chi connectivity index (χ3n) is 3.47. The second kappa shape index (κ2) is 6.75. The third kappa shape index (κ3) is 3.84. The van der Waals surface area contributed by atoms with E-state index in [1.165, 1.54) is 4.88 Å². The summed E-state index contributed by atoms with van der Waals surface area (Å²) in [4.78, 5) is 1.38. The molecule has 1 aromatic carbocycles. The van der Waals surface area contributed by atoms with Crippen LogP contribution in [0.5, 0.6) is 5.75 Å². The minimum Gasteiger partial charge on any atom is -0.495 e. The lowest BCUT2D eigenvalue weighted by Gasteiger charge is -2.23. The van der Waals surface area contributed by atoms with Gasteiger partial charge in [0.15, 0.2) is 0 Å². The lowest BCUT2D eigenvalue weighted by molar-refractivity contribution is 0.413. The number of hydrogen-bond acceptors (Lipinski definition) is 4. The summed E-state index contributed by atoms with van der Waals surface area (Å²) in [5, 5.41) is 14.7. The first-order valence-electron chi connectivity index (χ1n) is 6.88. The molecule has 0 fully saturated rings. The molecule has 0 aliphatic rings. The van der Waals surface area contributed by atoms with Crippen LogP contribution in [0.1, 0.15) is 29.9 Å². The van der Waals surface area contributed by atoms with Gasteiger partial charge in [0.1, 0.15) is 11.8 Å². The van der Waals surface area contributed by atoms with Gasteiger partial charge in [-0.05, 0) is 29.1 Å². The highest BCUT2D eigenvalue weighted by atomic mass is 32.1. The first kappa shape index (κ1) is 15.6. The molecule has 0 radical (unpaired) electrons. The van der Waals surface area contributed by atoms with Crippen LogP contribution in [0.4, 0.5) is 0 Å². The summed E-state index contributed by atoms with van der Waals surface area (Å²) in [5.41, 5.74) is 1.78. The van der Waals surface area contributed by atoms with Gasteiger partial charge in [-0.2, -0.15) is 5.26 Å². The summed E-state index contributed by atoms with van der Waals surface area (Å²) < 4.78 is 5.16. The molecule has 0 aliphatic carbocycles. The zero-order valence-corrected chi connectivity index (χ0v) is 13.5. The van der Waals surface area contributed by atoms with E-state index in [2.05, 4.69) is 42.7 Å². The zero-order valence-electron chi connectivity index (χ0n) is 12.6. The van der Waals surface area contributed by atoms with Crippen molar-refractivity contribution in [2.75, 3.05) is 13.7 Å². The molecule has 0 bridgehead atoms. The Morgan fingerprint density at radius 2 is 2.14 bits per heavy atom. The molecule has 0 saturated heterocycles. The summed E-state index contributed by atoms with van der Waals surface area (Å²) in [6.07, 6.45) is 0. The fourth-order valence-electron chi connectivity index (χ4n) is 2.22. The van der Waals surface area contributed by atoms with Crippen LogP contribution in [-0.4, -0.2) is 13.7 Å². The molecular weight excluding hydrogens is 280 g/mol. The van der Waals surface area contributed by atoms with Crippen LogP contribution < -0.4 is 10.1 Å². The number of thiophene rings is 1. The number of nitrogens with zero attached hydrogens (tertiary/aromatic N) is 1. The summed E-state index contributed by atoms with van der Waals surface area (Å²) in [6, 6.07) is 12.1. The van der Waals surface area contributed by atoms with E-state index in [0.29, 0.717) is 11.3 Å². The maximum Gasteiger partial charge on any atom is 0.136 e. The number of benzene rings is 1. The summed E-state index contributed by atoms with van der Waals surface area (Å²) >= 11 is 1.79. The van der Waals surface area contributed by atoms with E-state index in [1.807, 2.05) is 18.2 Å². The van der Waals surface area contributed by atoms with Gasteiger partial charge in [-0.15, -0.1) is 11.3 Å². The van der Waals surface area contributed by atoms with Gasteiger partial charge in [-0.25, -0.2) is 0 Å². The molecule has 2 rings (SSSR count). The minimum atomic E-state index is 0.110. The Labute approximate surface area is 130 Å². The molecule has 2 aromatic rings. The Morgan fingerprint density at radius 3 is 2.76 bits per heavy atom. The van der Waals surface area contributed by atoms with E-state index in [4.69, 9.17) is 10.00 Å². The second-order valence-corrected chi connectivity index (χ2v) is 6.56. The van der Waals surface area contributed by atoms with Crippen LogP contribution >= 0.6 is 11.3 Å². The zero-order chi connectivity index (χ0) is 15.3. The van der Waals surface area contributed by atoms with E-state index in [0.717, 1.165) is 18.7 Å². The molecule has 0 spiro atoms. The predicted molar refractivity (Wildman–Crippen MR) is 86.8 cm³/mol. The standard InChI is InChI=1S/C17H20N2OS/c1-17(2,16-5-4-8-21-16)12-19-11-13-6-7-15(20-3)14(9-13)10-18/h4-9,19H,11-12H2,1-3H3. The van der Waals surface area contributed by atoms with Crippen molar-refractivity contribution in [3.8, 4) is 11.8 Å². The van der Waals surface area contributed by atoms with Gasteiger partial charge in [0.2, 0.25) is 0 Å². The van der Waals surface area contributed by atoms with Crippen molar-refractivity contribution in [3.05, 3.63) is 51.7 Å². The van der Waals surface area contributed by atoms with Gasteiger partial charge in [-0.3, -0.25) is 0 Å². The maximum absolute atomic E-state index is 9.10. The Hall–Kier alpha value is -1.83. The van der Waals surface area contributed by atoms with Crippen molar-refractivity contribution in [3.63, 3.8) is 0 Å². The number of methoxy groups -OCH3 is 1. The van der Waals surface area contributed by atoms with Gasteiger partial charge in [0, 0.05) is 23.4 Å². The smallest absolute Gasteiger partial charge is 0.136 e. The van der Waals surface area contributed by atoms with Crippen LogP contribution in [0.3, 0.4) is 0 Å². The molecule has 1 aromatic heterocycles. The summed E-state index contributed by atoms with van der Waals surface area (Å²) in [6.45, 7) is 6.11. The second-order valence-electron chi connectivity index (χ2n) is 5.61. The Kier molecular flexibility index (Phi) is 5.00. The molecule has 3 nitrogen and oxygen atoms in total. The highest BCUT2D eigenvalue weighted by molar-refractivity contribution is 7.10. The first-order chi connectivity index (χ1) is 10.1. The van der Waals surface area contributed by atoms with E-state index < -0.39 is 0 Å². The maximum atomic E-state index is 9.10. The lowest BCUT2D eigenvalue weighted by atomic mass is 9.91. The molecule has 0 saturated carbocycles. The molecule has 0 amide bonds. The average molecular weight is 300 g/mol. The van der Waals surface area contributed by atoms with Crippen LogP contribution in [0.25, 0.3) is 0 Å². The summed E-state index contributed by atoms with van der Waals surface area (Å²) in [5.74, 6) is 0.625. The van der Waals surface area contributed by atoms with Crippen molar-refractivity contribution in [2.45, 2.75) is 25.8 Å². The van der Waals surface area contributed by atoms with Crippen LogP contribution in [-0.2, 0) is 12.0 Å². The number of nitrogens with one attached hydrogen (secondary N) is 1. The highest BCUT2D eigenvalue weighted by Crippen LogP contribution is 2.26. The molecule has 0 aliphatic heterocycles. The monoisotopic (exact) mass is 300 g/mol. The lowest BCUT2D eigenvalue weighted by Crippen LogP contribution is -2.31. The van der Waals surface area contributed by atoms with E-state index in [9.17, 15) is 0 Å². The molecule has 110 valence electrons.